The van der Waals surface area contributed by atoms with Gasteiger partial charge in [0.05, 0.1) is 10.6 Å². The first-order valence-electron chi connectivity index (χ1n) is 7.02. The monoisotopic (exact) mass is 408 g/mol. The molecule has 0 spiro atoms. The highest BCUT2D eigenvalue weighted by molar-refractivity contribution is 9.10. The van der Waals surface area contributed by atoms with Crippen LogP contribution in [0.2, 0.25) is 5.02 Å². The van der Waals surface area contributed by atoms with E-state index in [2.05, 4.69) is 21.2 Å². The van der Waals surface area contributed by atoms with E-state index in [0.29, 0.717) is 4.47 Å². The van der Waals surface area contributed by atoms with Gasteiger partial charge in [0.15, 0.2) is 0 Å². The highest BCUT2D eigenvalue weighted by Crippen LogP contribution is 2.24. The third kappa shape index (κ3) is 4.43. The molecule has 0 aliphatic carbocycles. The van der Waals surface area contributed by atoms with Crippen LogP contribution < -0.4 is 11.1 Å². The molecular weight excluding hydrogens is 396 g/mol. The zero-order valence-corrected chi connectivity index (χ0v) is 14.8. The normalized spacial score (nSPS) is 11.6. The molecule has 1 atom stereocenters. The van der Waals surface area contributed by atoms with Crippen LogP contribution in [0.1, 0.15) is 15.9 Å². The van der Waals surface area contributed by atoms with Crippen LogP contribution in [0, 0.1) is 0 Å². The quantitative estimate of drug-likeness (QED) is 0.718. The van der Waals surface area contributed by atoms with Crippen molar-refractivity contribution in [3.05, 3.63) is 69.2 Å². The number of carbonyl (C=O) groups excluding carboxylic acids is 3. The molecule has 3 N–H and O–H groups in total. The van der Waals surface area contributed by atoms with Crippen LogP contribution in [0.25, 0.3) is 0 Å². The minimum atomic E-state index is -1.10. The van der Waals surface area contributed by atoms with Gasteiger partial charge in [0.1, 0.15) is 6.04 Å². The fraction of sp³-hybridized carbons (Fsp3) is 0.118. The van der Waals surface area contributed by atoms with Gasteiger partial charge >= 0.3 is 0 Å². The lowest BCUT2D eigenvalue weighted by Gasteiger charge is -2.17. The molecular formula is C17H14BrClN2O3. The average molecular weight is 410 g/mol. The van der Waals surface area contributed by atoms with E-state index in [1.54, 1.807) is 42.5 Å². The molecule has 5 nitrogen and oxygen atoms in total. The molecule has 7 heteroatoms. The molecule has 0 saturated heterocycles. The molecule has 0 bridgehead atoms. The molecule has 0 aromatic heterocycles. The van der Waals surface area contributed by atoms with Crippen molar-refractivity contribution in [1.29, 1.82) is 0 Å². The van der Waals surface area contributed by atoms with Crippen LogP contribution in [0.5, 0.6) is 0 Å². The average Bonchev–Trinajstić information content (AvgIpc) is 2.54. The summed E-state index contributed by atoms with van der Waals surface area (Å²) >= 11 is 9.29. The van der Waals surface area contributed by atoms with E-state index in [1.807, 2.05) is 6.07 Å². The fourth-order valence-corrected chi connectivity index (χ4v) is 3.10. The second-order valence-corrected chi connectivity index (χ2v) is 6.30. The number of halogens is 2. The van der Waals surface area contributed by atoms with E-state index in [9.17, 15) is 14.4 Å². The number of amides is 2. The Labute approximate surface area is 152 Å². The number of Topliss-reactive ketones (excluding diaryl/α,β-unsaturated/α-hetero) is 1. The number of nitrogens with one attached hydrogen (secondary N) is 1. The van der Waals surface area contributed by atoms with E-state index in [4.69, 9.17) is 17.3 Å². The van der Waals surface area contributed by atoms with E-state index < -0.39 is 23.6 Å². The third-order valence-corrected chi connectivity index (χ3v) is 4.31. The largest absolute Gasteiger partial charge is 0.363 e. The second kappa shape index (κ2) is 8.08. The van der Waals surface area contributed by atoms with Crippen molar-refractivity contribution in [1.82, 2.24) is 5.32 Å². The van der Waals surface area contributed by atoms with Gasteiger partial charge in [-0.05, 0) is 33.6 Å². The van der Waals surface area contributed by atoms with Gasteiger partial charge in [-0.1, -0.05) is 48.0 Å². The second-order valence-electron chi connectivity index (χ2n) is 5.04. The molecule has 2 amide bonds. The van der Waals surface area contributed by atoms with Crippen molar-refractivity contribution in [2.24, 2.45) is 5.73 Å². The molecule has 24 heavy (non-hydrogen) atoms. The number of rotatable bonds is 6. The van der Waals surface area contributed by atoms with Crippen LogP contribution in [-0.2, 0) is 16.0 Å². The molecule has 2 aromatic rings. The standard InChI is InChI=1S/C17H14BrClN2O3/c18-11-7-4-8-12(19)14(11)17(24)21-13(15(22)16(20)23)9-10-5-2-1-3-6-10/h1-8,13H,9H2,(H2,20,23)(H,21,24). The summed E-state index contributed by atoms with van der Waals surface area (Å²) in [4.78, 5) is 35.8. The van der Waals surface area contributed by atoms with Gasteiger partial charge in [-0.25, -0.2) is 0 Å². The molecule has 124 valence electrons. The lowest BCUT2D eigenvalue weighted by molar-refractivity contribution is -0.137. The zero-order chi connectivity index (χ0) is 17.7. The van der Waals surface area contributed by atoms with Gasteiger partial charge < -0.3 is 11.1 Å². The first kappa shape index (κ1) is 18.2. The third-order valence-electron chi connectivity index (χ3n) is 3.34. The lowest BCUT2D eigenvalue weighted by Crippen LogP contribution is -2.47. The maximum atomic E-state index is 12.5. The smallest absolute Gasteiger partial charge is 0.287 e. The Bertz CT molecular complexity index is 760. The predicted molar refractivity (Wildman–Crippen MR) is 94.8 cm³/mol. The Kier molecular flexibility index (Phi) is 6.11. The summed E-state index contributed by atoms with van der Waals surface area (Å²) in [5, 5.41) is 2.77. The van der Waals surface area contributed by atoms with Gasteiger partial charge in [-0.2, -0.15) is 0 Å². The summed E-state index contributed by atoms with van der Waals surface area (Å²) in [7, 11) is 0. The summed E-state index contributed by atoms with van der Waals surface area (Å²) in [6.45, 7) is 0. The maximum absolute atomic E-state index is 12.5. The summed E-state index contributed by atoms with van der Waals surface area (Å²) in [5.41, 5.74) is 6.07. The van der Waals surface area contributed by atoms with Gasteiger partial charge in [-0.15, -0.1) is 0 Å². The number of carbonyl (C=O) groups is 3. The van der Waals surface area contributed by atoms with Crippen LogP contribution in [0.15, 0.2) is 53.0 Å². The van der Waals surface area contributed by atoms with Crippen molar-refractivity contribution < 1.29 is 14.4 Å². The number of primary amides is 1. The van der Waals surface area contributed by atoms with Crippen LogP contribution in [0.4, 0.5) is 0 Å². The van der Waals surface area contributed by atoms with Gasteiger partial charge in [-0.3, -0.25) is 14.4 Å². The first-order chi connectivity index (χ1) is 11.4. The van der Waals surface area contributed by atoms with Crippen LogP contribution >= 0.6 is 27.5 Å². The van der Waals surface area contributed by atoms with E-state index in [-0.39, 0.29) is 17.0 Å². The number of benzene rings is 2. The Morgan fingerprint density at radius 3 is 2.33 bits per heavy atom. The van der Waals surface area contributed by atoms with Crippen molar-refractivity contribution >= 4 is 45.1 Å². The van der Waals surface area contributed by atoms with Crippen molar-refractivity contribution in [3.8, 4) is 0 Å². The molecule has 2 aromatic carbocycles. The fourth-order valence-electron chi connectivity index (χ4n) is 2.18. The van der Waals surface area contributed by atoms with Gasteiger partial charge in [0.2, 0.25) is 5.78 Å². The van der Waals surface area contributed by atoms with Gasteiger partial charge in [0, 0.05) is 10.9 Å². The molecule has 0 radical (unpaired) electrons. The molecule has 0 aliphatic heterocycles. The van der Waals surface area contributed by atoms with E-state index >= 15 is 0 Å². The Hall–Kier alpha value is -2.18. The van der Waals surface area contributed by atoms with E-state index in [1.165, 1.54) is 0 Å². The highest BCUT2D eigenvalue weighted by Gasteiger charge is 2.27. The number of hydrogen-bond acceptors (Lipinski definition) is 3. The maximum Gasteiger partial charge on any atom is 0.287 e. The SMILES string of the molecule is NC(=O)C(=O)C(Cc1ccccc1)NC(=O)c1c(Cl)cccc1Br. The summed E-state index contributed by atoms with van der Waals surface area (Å²) in [6, 6.07) is 12.8. The van der Waals surface area contributed by atoms with Gasteiger partial charge in [0.25, 0.3) is 11.8 Å². The Morgan fingerprint density at radius 2 is 1.75 bits per heavy atom. The Balaban J connectivity index is 2.26. The first-order valence-corrected chi connectivity index (χ1v) is 8.19. The van der Waals surface area contributed by atoms with Crippen molar-refractivity contribution in [2.75, 3.05) is 0 Å². The summed E-state index contributed by atoms with van der Waals surface area (Å²) < 4.78 is 0.484. The number of ketones is 1. The zero-order valence-electron chi connectivity index (χ0n) is 12.5. The molecule has 0 heterocycles. The summed E-state index contributed by atoms with van der Waals surface area (Å²) in [5.74, 6) is -2.53. The van der Waals surface area contributed by atoms with Crippen LogP contribution in [0.3, 0.4) is 0 Å². The van der Waals surface area contributed by atoms with Crippen molar-refractivity contribution in [2.45, 2.75) is 12.5 Å². The minimum absolute atomic E-state index is 0.149. The van der Waals surface area contributed by atoms with Crippen LogP contribution in [-0.4, -0.2) is 23.6 Å². The topological polar surface area (TPSA) is 89.3 Å². The highest BCUT2D eigenvalue weighted by atomic mass is 79.9. The molecule has 0 aliphatic rings. The number of nitrogens with two attached hydrogens (primary N) is 1. The lowest BCUT2D eigenvalue weighted by atomic mass is 10.0. The minimum Gasteiger partial charge on any atom is -0.363 e. The molecule has 1 unspecified atom stereocenters. The molecule has 0 saturated carbocycles. The summed E-state index contributed by atoms with van der Waals surface area (Å²) in [6.07, 6.45) is 0.149. The predicted octanol–water partition coefficient (Wildman–Crippen LogP) is 2.50. The Morgan fingerprint density at radius 1 is 1.08 bits per heavy atom. The van der Waals surface area contributed by atoms with E-state index in [0.717, 1.165) is 5.56 Å². The molecule has 0 fully saturated rings. The molecule has 2 rings (SSSR count). The van der Waals surface area contributed by atoms with Crippen molar-refractivity contribution in [3.63, 3.8) is 0 Å². The number of hydrogen-bond donors (Lipinski definition) is 2.